The lowest BCUT2D eigenvalue weighted by Crippen LogP contribution is -2.38. The number of nitrogens with zero attached hydrogens (tertiary/aromatic N) is 1. The van der Waals surface area contributed by atoms with Crippen LogP contribution in [0.25, 0.3) is 0 Å². The van der Waals surface area contributed by atoms with E-state index in [1.54, 1.807) is 0 Å². The van der Waals surface area contributed by atoms with Gasteiger partial charge in [0.15, 0.2) is 0 Å². The van der Waals surface area contributed by atoms with E-state index < -0.39 is 0 Å². The zero-order valence-corrected chi connectivity index (χ0v) is 14.8. The van der Waals surface area contributed by atoms with Crippen molar-refractivity contribution in [3.8, 4) is 5.75 Å². The molecule has 1 saturated carbocycles. The first-order valence-electron chi connectivity index (χ1n) is 9.20. The Labute approximate surface area is 148 Å². The molecule has 1 aliphatic heterocycles. The van der Waals surface area contributed by atoms with Gasteiger partial charge in [-0.3, -0.25) is 4.79 Å². The third-order valence-corrected chi connectivity index (χ3v) is 5.08. The fourth-order valence-electron chi connectivity index (χ4n) is 3.53. The molecule has 1 fully saturated rings. The molecule has 25 heavy (non-hydrogen) atoms. The van der Waals surface area contributed by atoms with Crippen LogP contribution in [0.3, 0.4) is 0 Å². The standard InChI is InChI=1S/C19H27N3O3/c1-22(15-6-3-2-4-7-15)18(23)8-5-11-25-16-9-10-17-14(12-16)13-20-19(24)21-17/h9-10,12,15H,2-8,11,13H2,1H3,(H2,20,21,24). The summed E-state index contributed by atoms with van der Waals surface area (Å²) in [6, 6.07) is 5.87. The Morgan fingerprint density at radius 2 is 2.08 bits per heavy atom. The zero-order valence-electron chi connectivity index (χ0n) is 14.8. The van der Waals surface area contributed by atoms with Gasteiger partial charge in [-0.15, -0.1) is 0 Å². The molecule has 1 aliphatic carbocycles. The van der Waals surface area contributed by atoms with Crippen molar-refractivity contribution < 1.29 is 14.3 Å². The summed E-state index contributed by atoms with van der Waals surface area (Å²) in [5.41, 5.74) is 1.82. The number of hydrogen-bond donors (Lipinski definition) is 2. The number of carbonyl (C=O) groups is 2. The lowest BCUT2D eigenvalue weighted by Gasteiger charge is -2.31. The first-order chi connectivity index (χ1) is 12.1. The Kier molecular flexibility index (Phi) is 5.79. The quantitative estimate of drug-likeness (QED) is 0.777. The largest absolute Gasteiger partial charge is 0.494 e. The number of rotatable bonds is 6. The molecule has 2 N–H and O–H groups in total. The molecular weight excluding hydrogens is 318 g/mol. The molecule has 1 aromatic rings. The van der Waals surface area contributed by atoms with Gasteiger partial charge in [-0.2, -0.15) is 0 Å². The molecule has 0 radical (unpaired) electrons. The van der Waals surface area contributed by atoms with Crippen molar-refractivity contribution in [1.29, 1.82) is 0 Å². The second kappa shape index (κ2) is 8.23. The van der Waals surface area contributed by atoms with E-state index in [0.717, 1.165) is 29.8 Å². The van der Waals surface area contributed by atoms with Crippen LogP contribution in [0.2, 0.25) is 0 Å². The maximum Gasteiger partial charge on any atom is 0.319 e. The van der Waals surface area contributed by atoms with Crippen LogP contribution in [0.1, 0.15) is 50.5 Å². The Balaban J connectivity index is 1.41. The van der Waals surface area contributed by atoms with Crippen LogP contribution in [0.4, 0.5) is 10.5 Å². The van der Waals surface area contributed by atoms with Gasteiger partial charge in [0, 0.05) is 31.7 Å². The Bertz CT molecular complexity index is 626. The number of ether oxygens (including phenoxy) is 1. The molecule has 6 nitrogen and oxygen atoms in total. The first kappa shape index (κ1) is 17.6. The number of urea groups is 1. The smallest absolute Gasteiger partial charge is 0.319 e. The van der Waals surface area contributed by atoms with Crippen molar-refractivity contribution in [2.45, 2.75) is 57.5 Å². The molecule has 0 unspecified atom stereocenters. The highest BCUT2D eigenvalue weighted by Gasteiger charge is 2.21. The minimum atomic E-state index is -0.179. The molecule has 136 valence electrons. The zero-order chi connectivity index (χ0) is 17.6. The van der Waals surface area contributed by atoms with Gasteiger partial charge in [0.05, 0.1) is 6.61 Å². The van der Waals surface area contributed by atoms with E-state index in [2.05, 4.69) is 10.6 Å². The highest BCUT2D eigenvalue weighted by Crippen LogP contribution is 2.25. The number of amides is 3. The topological polar surface area (TPSA) is 70.7 Å². The monoisotopic (exact) mass is 345 g/mol. The fourth-order valence-corrected chi connectivity index (χ4v) is 3.53. The number of nitrogens with one attached hydrogen (secondary N) is 2. The van der Waals surface area contributed by atoms with Crippen molar-refractivity contribution in [2.75, 3.05) is 19.0 Å². The maximum absolute atomic E-state index is 12.3. The summed E-state index contributed by atoms with van der Waals surface area (Å²) in [7, 11) is 1.93. The molecule has 2 aliphatic rings. The second-order valence-corrected chi connectivity index (χ2v) is 6.88. The molecule has 0 atom stereocenters. The van der Waals surface area contributed by atoms with Crippen LogP contribution in [0.5, 0.6) is 5.75 Å². The summed E-state index contributed by atoms with van der Waals surface area (Å²) >= 11 is 0. The Hall–Kier alpha value is -2.24. The predicted molar refractivity (Wildman–Crippen MR) is 96.7 cm³/mol. The minimum absolute atomic E-state index is 0.179. The van der Waals surface area contributed by atoms with Gasteiger partial charge in [0.2, 0.25) is 5.91 Å². The van der Waals surface area contributed by atoms with Gasteiger partial charge in [-0.25, -0.2) is 4.79 Å². The molecule has 0 aromatic heterocycles. The van der Waals surface area contributed by atoms with E-state index in [9.17, 15) is 9.59 Å². The molecule has 0 spiro atoms. The fraction of sp³-hybridized carbons (Fsp3) is 0.579. The summed E-state index contributed by atoms with van der Waals surface area (Å²) in [5.74, 6) is 0.984. The Morgan fingerprint density at radius 1 is 1.28 bits per heavy atom. The number of hydrogen-bond acceptors (Lipinski definition) is 3. The van der Waals surface area contributed by atoms with Gasteiger partial charge in [0.1, 0.15) is 5.75 Å². The highest BCUT2D eigenvalue weighted by molar-refractivity contribution is 5.92. The average molecular weight is 345 g/mol. The summed E-state index contributed by atoms with van der Waals surface area (Å²) in [6.07, 6.45) is 7.28. The second-order valence-electron chi connectivity index (χ2n) is 6.88. The number of fused-ring (bicyclic) bond motifs is 1. The summed E-state index contributed by atoms with van der Waals surface area (Å²) in [6.45, 7) is 1.02. The highest BCUT2D eigenvalue weighted by atomic mass is 16.5. The Morgan fingerprint density at radius 3 is 2.88 bits per heavy atom. The van der Waals surface area contributed by atoms with E-state index >= 15 is 0 Å². The molecule has 6 heteroatoms. The van der Waals surface area contributed by atoms with E-state index in [4.69, 9.17) is 4.74 Å². The van der Waals surface area contributed by atoms with Crippen molar-refractivity contribution in [3.63, 3.8) is 0 Å². The lowest BCUT2D eigenvalue weighted by atomic mass is 9.94. The average Bonchev–Trinajstić information content (AvgIpc) is 2.65. The minimum Gasteiger partial charge on any atom is -0.494 e. The first-order valence-corrected chi connectivity index (χ1v) is 9.20. The summed E-state index contributed by atoms with van der Waals surface area (Å²) in [5, 5.41) is 5.49. The van der Waals surface area contributed by atoms with Crippen molar-refractivity contribution in [1.82, 2.24) is 10.2 Å². The van der Waals surface area contributed by atoms with Crippen LogP contribution in [-0.4, -0.2) is 36.5 Å². The van der Waals surface area contributed by atoms with Gasteiger partial charge in [-0.1, -0.05) is 19.3 Å². The lowest BCUT2D eigenvalue weighted by molar-refractivity contribution is -0.132. The summed E-state index contributed by atoms with van der Waals surface area (Å²) < 4.78 is 5.76. The van der Waals surface area contributed by atoms with Crippen LogP contribution in [0, 0.1) is 0 Å². The summed E-state index contributed by atoms with van der Waals surface area (Å²) in [4.78, 5) is 25.5. The molecule has 3 amide bonds. The van der Waals surface area contributed by atoms with E-state index in [1.807, 2.05) is 30.1 Å². The van der Waals surface area contributed by atoms with Gasteiger partial charge in [0.25, 0.3) is 0 Å². The third-order valence-electron chi connectivity index (χ3n) is 5.08. The molecule has 1 aromatic carbocycles. The molecular formula is C19H27N3O3. The van der Waals surface area contributed by atoms with Crippen molar-refractivity contribution in [3.05, 3.63) is 23.8 Å². The van der Waals surface area contributed by atoms with Crippen LogP contribution in [-0.2, 0) is 11.3 Å². The molecule has 0 saturated heterocycles. The van der Waals surface area contributed by atoms with Crippen molar-refractivity contribution >= 4 is 17.6 Å². The SMILES string of the molecule is CN(C(=O)CCCOc1ccc2c(c1)CNC(=O)N2)C1CCCCC1. The number of anilines is 1. The van der Waals surface area contributed by atoms with Gasteiger partial charge >= 0.3 is 6.03 Å². The maximum atomic E-state index is 12.3. The van der Waals surface area contributed by atoms with E-state index in [-0.39, 0.29) is 11.9 Å². The number of carbonyl (C=O) groups excluding carboxylic acids is 2. The van der Waals surface area contributed by atoms with Gasteiger partial charge in [-0.05, 0) is 43.0 Å². The third kappa shape index (κ3) is 4.65. The van der Waals surface area contributed by atoms with Gasteiger partial charge < -0.3 is 20.3 Å². The number of benzene rings is 1. The van der Waals surface area contributed by atoms with Crippen LogP contribution < -0.4 is 15.4 Å². The van der Waals surface area contributed by atoms with Crippen LogP contribution >= 0.6 is 0 Å². The van der Waals surface area contributed by atoms with Crippen molar-refractivity contribution in [2.24, 2.45) is 0 Å². The van der Waals surface area contributed by atoms with Crippen LogP contribution in [0.15, 0.2) is 18.2 Å². The molecule has 0 bridgehead atoms. The predicted octanol–water partition coefficient (Wildman–Crippen LogP) is 3.27. The molecule has 3 rings (SSSR count). The molecule has 1 heterocycles. The normalized spacial score (nSPS) is 17.2. The van der Waals surface area contributed by atoms with E-state index in [1.165, 1.54) is 19.3 Å². The van der Waals surface area contributed by atoms with E-state index in [0.29, 0.717) is 32.0 Å².